The second-order valence-corrected chi connectivity index (χ2v) is 9.77. The summed E-state index contributed by atoms with van der Waals surface area (Å²) in [6.45, 7) is 2.09. The van der Waals surface area contributed by atoms with Gasteiger partial charge in [-0.05, 0) is 23.3 Å². The van der Waals surface area contributed by atoms with Crippen molar-refractivity contribution in [3.05, 3.63) is 83.0 Å². The number of ether oxygens (including phenoxy) is 1. The van der Waals surface area contributed by atoms with Gasteiger partial charge in [0.1, 0.15) is 17.4 Å². The van der Waals surface area contributed by atoms with Gasteiger partial charge >= 0.3 is 6.18 Å². The largest absolute Gasteiger partial charge is 0.491 e. The summed E-state index contributed by atoms with van der Waals surface area (Å²) in [5.41, 5.74) is 7.81. The monoisotopic (exact) mass is 583 g/mol. The summed E-state index contributed by atoms with van der Waals surface area (Å²) in [6, 6.07) is 15.4. The van der Waals surface area contributed by atoms with E-state index in [4.69, 9.17) is 10.5 Å². The van der Waals surface area contributed by atoms with Crippen LogP contribution in [0.25, 0.3) is 0 Å². The molecule has 0 fully saturated rings. The first-order chi connectivity index (χ1) is 20.1. The number of aromatic amines is 1. The number of rotatable bonds is 5. The van der Waals surface area contributed by atoms with Crippen LogP contribution < -0.4 is 15.4 Å². The Bertz CT molecular complexity index is 1570. The molecule has 0 radical (unpaired) electrons. The van der Waals surface area contributed by atoms with Crippen LogP contribution in [-0.2, 0) is 37.0 Å². The van der Waals surface area contributed by atoms with Gasteiger partial charge in [0.2, 0.25) is 11.7 Å². The van der Waals surface area contributed by atoms with E-state index in [1.807, 2.05) is 53.4 Å². The Hall–Kier alpha value is -4.79. The van der Waals surface area contributed by atoms with Crippen LogP contribution in [0, 0.1) is 0 Å². The number of halogens is 3. The Labute approximate surface area is 238 Å². The normalized spacial score (nSPS) is 15.1. The van der Waals surface area contributed by atoms with Gasteiger partial charge in [-0.2, -0.15) is 13.2 Å². The van der Waals surface area contributed by atoms with E-state index in [0.29, 0.717) is 63.0 Å². The number of alkyl halides is 3. The average Bonchev–Trinajstić information content (AvgIpc) is 3.58. The lowest BCUT2D eigenvalue weighted by molar-refractivity contribution is -0.145. The van der Waals surface area contributed by atoms with Crippen LogP contribution in [0.3, 0.4) is 0 Å². The van der Waals surface area contributed by atoms with Gasteiger partial charge in [0, 0.05) is 26.6 Å². The molecule has 2 amide bonds. The quantitative estimate of drug-likeness (QED) is 0.364. The number of carbonyl (C=O) groups excluding carboxylic acids is 2. The highest BCUT2D eigenvalue weighted by molar-refractivity contribution is 5.95. The van der Waals surface area contributed by atoms with Crippen LogP contribution in [0.15, 0.2) is 48.5 Å². The van der Waals surface area contributed by atoms with E-state index in [9.17, 15) is 22.8 Å². The Kier molecular flexibility index (Phi) is 8.20. The smallest absolute Gasteiger partial charge is 0.453 e. The third-order valence-corrected chi connectivity index (χ3v) is 6.70. The highest BCUT2D eigenvalue weighted by atomic mass is 19.4. The lowest BCUT2D eigenvalue weighted by Crippen LogP contribution is -2.33. The van der Waals surface area contributed by atoms with Crippen molar-refractivity contribution in [3.63, 3.8) is 0 Å². The number of anilines is 1. The van der Waals surface area contributed by atoms with E-state index >= 15 is 0 Å². The standard InChI is InChI=1S/C17H18F3N5O2.C10H10N4O/c1-23-12-3-2-11(8-13(12)27-7-4-15(23)26)9-24-5-6-25-14(10-24)21-16(22-25)17(18,19)20;11-9(15)10-12-8(13-14-10)6-7-4-2-1-3-5-7/h2-3,8H,4-7,9-10H2,1H3;1-5H,6H2,(H2,11,15)(H,12,13,14). The molecule has 2 aliphatic rings. The molecule has 0 saturated carbocycles. The molecule has 0 saturated heterocycles. The molecule has 15 heteroatoms. The van der Waals surface area contributed by atoms with Crippen molar-refractivity contribution in [1.82, 2.24) is 34.8 Å². The molecule has 0 aliphatic carbocycles. The summed E-state index contributed by atoms with van der Waals surface area (Å²) in [5.74, 6) is -0.102. The van der Waals surface area contributed by atoms with Crippen molar-refractivity contribution >= 4 is 17.5 Å². The Morgan fingerprint density at radius 3 is 2.60 bits per heavy atom. The lowest BCUT2D eigenvalue weighted by Gasteiger charge is -2.27. The minimum Gasteiger partial charge on any atom is -0.491 e. The van der Waals surface area contributed by atoms with Crippen molar-refractivity contribution in [2.24, 2.45) is 5.73 Å². The number of hydrogen-bond donors (Lipinski definition) is 2. The SMILES string of the molecule is CN1C(=O)CCOc2cc(CN3CCn4nc(C(F)(F)F)nc4C3)ccc21.NC(=O)c1n[nH]c(Cc2ccccc2)n1. The van der Waals surface area contributed by atoms with Gasteiger partial charge in [0.15, 0.2) is 0 Å². The van der Waals surface area contributed by atoms with E-state index in [0.717, 1.165) is 16.8 Å². The molecular formula is C27H28F3N9O3. The summed E-state index contributed by atoms with van der Waals surface area (Å²) in [5, 5.41) is 9.92. The van der Waals surface area contributed by atoms with E-state index in [-0.39, 0.29) is 11.7 Å². The summed E-state index contributed by atoms with van der Waals surface area (Å²) in [7, 11) is 1.71. The molecule has 220 valence electrons. The third kappa shape index (κ3) is 6.74. The zero-order valence-corrected chi connectivity index (χ0v) is 22.6. The second-order valence-electron chi connectivity index (χ2n) is 9.77. The van der Waals surface area contributed by atoms with Crippen LogP contribution in [0.1, 0.15) is 45.6 Å². The Morgan fingerprint density at radius 1 is 1.10 bits per heavy atom. The number of aromatic nitrogens is 6. The van der Waals surface area contributed by atoms with E-state index in [1.54, 1.807) is 11.9 Å². The zero-order valence-electron chi connectivity index (χ0n) is 22.6. The molecule has 4 heterocycles. The van der Waals surface area contributed by atoms with Crippen LogP contribution in [0.4, 0.5) is 18.9 Å². The van der Waals surface area contributed by atoms with Gasteiger partial charge < -0.3 is 15.4 Å². The predicted molar refractivity (Wildman–Crippen MR) is 143 cm³/mol. The van der Waals surface area contributed by atoms with E-state index in [2.05, 4.69) is 25.3 Å². The number of nitrogens with two attached hydrogens (primary N) is 1. The number of carbonyl (C=O) groups is 2. The lowest BCUT2D eigenvalue weighted by atomic mass is 10.1. The fourth-order valence-corrected chi connectivity index (χ4v) is 4.57. The van der Waals surface area contributed by atoms with Crippen LogP contribution in [0.2, 0.25) is 0 Å². The first-order valence-electron chi connectivity index (χ1n) is 13.1. The van der Waals surface area contributed by atoms with Gasteiger partial charge in [-0.3, -0.25) is 19.6 Å². The van der Waals surface area contributed by atoms with Crippen LogP contribution >= 0.6 is 0 Å². The van der Waals surface area contributed by atoms with E-state index in [1.165, 1.54) is 4.68 Å². The first-order valence-corrected chi connectivity index (χ1v) is 13.1. The minimum absolute atomic E-state index is 0.00247. The fraction of sp³-hybridized carbons (Fsp3) is 0.333. The molecule has 0 atom stereocenters. The maximum Gasteiger partial charge on any atom is 0.453 e. The summed E-state index contributed by atoms with van der Waals surface area (Å²) < 4.78 is 45.3. The third-order valence-electron chi connectivity index (χ3n) is 6.70. The molecule has 2 aliphatic heterocycles. The Balaban J connectivity index is 0.000000199. The van der Waals surface area contributed by atoms with Gasteiger partial charge in [-0.15, -0.1) is 10.2 Å². The molecule has 2 aromatic carbocycles. The van der Waals surface area contributed by atoms with Crippen LogP contribution in [-0.4, -0.2) is 66.9 Å². The van der Waals surface area contributed by atoms with Crippen molar-refractivity contribution in [3.8, 4) is 5.75 Å². The number of H-pyrrole nitrogens is 1. The first kappa shape index (κ1) is 28.7. The predicted octanol–water partition coefficient (Wildman–Crippen LogP) is 2.55. The molecule has 4 aromatic rings. The molecule has 6 rings (SSSR count). The molecule has 12 nitrogen and oxygen atoms in total. The molecule has 3 N–H and O–H groups in total. The van der Waals surface area contributed by atoms with Crippen molar-refractivity contribution in [2.45, 2.75) is 38.7 Å². The van der Waals surface area contributed by atoms with Crippen molar-refractivity contribution < 1.29 is 27.5 Å². The fourth-order valence-electron chi connectivity index (χ4n) is 4.57. The minimum atomic E-state index is -4.53. The number of amides is 2. The maximum atomic E-state index is 12.8. The summed E-state index contributed by atoms with van der Waals surface area (Å²) in [6.07, 6.45) is -3.60. The van der Waals surface area contributed by atoms with Gasteiger partial charge in [-0.25, -0.2) is 14.6 Å². The van der Waals surface area contributed by atoms with Crippen LogP contribution in [0.5, 0.6) is 5.75 Å². The number of nitrogens with zero attached hydrogens (tertiary/aromatic N) is 7. The zero-order chi connectivity index (χ0) is 29.9. The average molecular weight is 584 g/mol. The summed E-state index contributed by atoms with van der Waals surface area (Å²) >= 11 is 0. The molecule has 2 aromatic heterocycles. The van der Waals surface area contributed by atoms with Gasteiger partial charge in [0.25, 0.3) is 11.7 Å². The van der Waals surface area contributed by atoms with Crippen molar-refractivity contribution in [2.75, 3.05) is 25.1 Å². The topological polar surface area (TPSA) is 148 Å². The van der Waals surface area contributed by atoms with Crippen molar-refractivity contribution in [1.29, 1.82) is 0 Å². The molecular weight excluding hydrogens is 555 g/mol. The molecule has 42 heavy (non-hydrogen) atoms. The second kappa shape index (κ2) is 12.0. The highest BCUT2D eigenvalue weighted by Gasteiger charge is 2.38. The number of hydrogen-bond acceptors (Lipinski definition) is 8. The Morgan fingerprint density at radius 2 is 1.88 bits per heavy atom. The van der Waals surface area contributed by atoms with Gasteiger partial charge in [0.05, 0.1) is 31.8 Å². The number of fused-ring (bicyclic) bond motifs is 2. The van der Waals surface area contributed by atoms with E-state index < -0.39 is 17.9 Å². The molecule has 0 bridgehead atoms. The number of benzene rings is 2. The summed E-state index contributed by atoms with van der Waals surface area (Å²) in [4.78, 5) is 33.8. The number of primary amides is 1. The molecule has 0 unspecified atom stereocenters. The van der Waals surface area contributed by atoms with Gasteiger partial charge in [-0.1, -0.05) is 36.4 Å². The number of nitrogens with one attached hydrogen (secondary N) is 1. The highest BCUT2D eigenvalue weighted by Crippen LogP contribution is 2.32. The maximum absolute atomic E-state index is 12.8. The molecule has 0 spiro atoms.